The molecule has 0 saturated carbocycles. The van der Waals surface area contributed by atoms with Gasteiger partial charge in [0.25, 0.3) is 0 Å². The molecular weight excluding hydrogens is 362 g/mol. The first-order valence-corrected chi connectivity index (χ1v) is 11.3. The summed E-state index contributed by atoms with van der Waals surface area (Å²) in [6.45, 7) is 3.48. The average molecular weight is 383 g/mol. The molecular formula is C16H21N3O4S2. The van der Waals surface area contributed by atoms with Crippen molar-refractivity contribution in [2.75, 3.05) is 11.5 Å². The van der Waals surface area contributed by atoms with Gasteiger partial charge in [-0.2, -0.15) is 5.10 Å². The third kappa shape index (κ3) is 3.78. The Balaban J connectivity index is 1.87. The monoisotopic (exact) mass is 383 g/mol. The summed E-state index contributed by atoms with van der Waals surface area (Å²) in [5.41, 5.74) is 1.71. The van der Waals surface area contributed by atoms with Crippen molar-refractivity contribution in [2.24, 2.45) is 0 Å². The molecule has 9 heteroatoms. The van der Waals surface area contributed by atoms with Gasteiger partial charge in [0.2, 0.25) is 10.0 Å². The lowest BCUT2D eigenvalue weighted by Gasteiger charge is -2.12. The number of nitrogens with one attached hydrogen (secondary N) is 1. The Labute approximate surface area is 148 Å². The molecule has 25 heavy (non-hydrogen) atoms. The SMILES string of the molecule is Cc1nn(C2CCS(=O)(=O)C2)c(C)c1S(=O)(=O)NCc1ccccc1. The van der Waals surface area contributed by atoms with Crippen molar-refractivity contribution in [3.05, 3.63) is 47.3 Å². The van der Waals surface area contributed by atoms with E-state index in [2.05, 4.69) is 9.82 Å². The Hall–Kier alpha value is -1.71. The van der Waals surface area contributed by atoms with Crippen LogP contribution in [0.2, 0.25) is 0 Å². The van der Waals surface area contributed by atoms with Gasteiger partial charge in [-0.25, -0.2) is 21.6 Å². The highest BCUT2D eigenvalue weighted by molar-refractivity contribution is 7.91. The number of sulfone groups is 1. The Morgan fingerprint density at radius 3 is 2.52 bits per heavy atom. The molecule has 1 aliphatic heterocycles. The maximum atomic E-state index is 12.7. The van der Waals surface area contributed by atoms with Crippen LogP contribution in [0.5, 0.6) is 0 Å². The lowest BCUT2D eigenvalue weighted by Crippen LogP contribution is -2.24. The zero-order chi connectivity index (χ0) is 18.2. The van der Waals surface area contributed by atoms with Crippen molar-refractivity contribution in [2.45, 2.75) is 37.8 Å². The summed E-state index contributed by atoms with van der Waals surface area (Å²) in [5.74, 6) is 0.121. The van der Waals surface area contributed by atoms with Crippen LogP contribution in [0.15, 0.2) is 35.2 Å². The van der Waals surface area contributed by atoms with Crippen LogP contribution in [0.4, 0.5) is 0 Å². The Kier molecular flexibility index (Phi) is 4.74. The van der Waals surface area contributed by atoms with Crippen LogP contribution >= 0.6 is 0 Å². The van der Waals surface area contributed by atoms with E-state index in [-0.39, 0.29) is 29.0 Å². The highest BCUT2D eigenvalue weighted by atomic mass is 32.2. The van der Waals surface area contributed by atoms with E-state index < -0.39 is 19.9 Å². The van der Waals surface area contributed by atoms with E-state index in [4.69, 9.17) is 0 Å². The summed E-state index contributed by atoms with van der Waals surface area (Å²) in [5, 5.41) is 4.31. The van der Waals surface area contributed by atoms with Crippen LogP contribution in [0.25, 0.3) is 0 Å². The minimum atomic E-state index is -3.74. The summed E-state index contributed by atoms with van der Waals surface area (Å²) in [6, 6.07) is 8.94. The van der Waals surface area contributed by atoms with Gasteiger partial charge in [0.15, 0.2) is 9.84 Å². The number of hydrogen-bond acceptors (Lipinski definition) is 5. The van der Waals surface area contributed by atoms with Gasteiger partial charge >= 0.3 is 0 Å². The molecule has 7 nitrogen and oxygen atoms in total. The Morgan fingerprint density at radius 1 is 1.24 bits per heavy atom. The minimum Gasteiger partial charge on any atom is -0.264 e. The number of nitrogens with zero attached hydrogens (tertiary/aromatic N) is 2. The van der Waals surface area contributed by atoms with Gasteiger partial charge in [0.05, 0.1) is 28.9 Å². The fraction of sp³-hybridized carbons (Fsp3) is 0.438. The van der Waals surface area contributed by atoms with E-state index in [1.807, 2.05) is 30.3 Å². The predicted octanol–water partition coefficient (Wildman–Crippen LogP) is 1.34. The second kappa shape index (κ2) is 6.54. The van der Waals surface area contributed by atoms with E-state index in [1.54, 1.807) is 18.5 Å². The van der Waals surface area contributed by atoms with Gasteiger partial charge < -0.3 is 0 Å². The smallest absolute Gasteiger partial charge is 0.244 e. The average Bonchev–Trinajstić information content (AvgIpc) is 3.05. The zero-order valence-electron chi connectivity index (χ0n) is 14.1. The van der Waals surface area contributed by atoms with Crippen LogP contribution in [-0.2, 0) is 26.4 Å². The molecule has 2 heterocycles. The number of sulfonamides is 1. The van der Waals surface area contributed by atoms with E-state index >= 15 is 0 Å². The third-order valence-corrected chi connectivity index (χ3v) is 7.79. The quantitative estimate of drug-likeness (QED) is 0.840. The van der Waals surface area contributed by atoms with Crippen molar-refractivity contribution in [1.29, 1.82) is 0 Å². The number of benzene rings is 1. The molecule has 0 radical (unpaired) electrons. The van der Waals surface area contributed by atoms with Crippen molar-refractivity contribution in [3.8, 4) is 0 Å². The van der Waals surface area contributed by atoms with Crippen LogP contribution in [-0.4, -0.2) is 38.1 Å². The highest BCUT2D eigenvalue weighted by Gasteiger charge is 2.33. The van der Waals surface area contributed by atoms with Gasteiger partial charge in [0, 0.05) is 6.54 Å². The summed E-state index contributed by atoms with van der Waals surface area (Å²) < 4.78 is 53.0. The normalized spacial score (nSPS) is 20.0. The molecule has 1 N–H and O–H groups in total. The molecule has 1 atom stereocenters. The number of hydrogen-bond donors (Lipinski definition) is 1. The fourth-order valence-electron chi connectivity index (χ4n) is 3.21. The largest absolute Gasteiger partial charge is 0.264 e. The molecule has 0 amide bonds. The third-order valence-electron chi connectivity index (χ3n) is 4.39. The second-order valence-electron chi connectivity index (χ2n) is 6.31. The molecule has 0 aliphatic carbocycles. The van der Waals surface area contributed by atoms with Crippen LogP contribution in [0, 0.1) is 13.8 Å². The van der Waals surface area contributed by atoms with Crippen LogP contribution in [0.1, 0.15) is 29.4 Å². The van der Waals surface area contributed by atoms with Crippen LogP contribution in [0.3, 0.4) is 0 Å². The van der Waals surface area contributed by atoms with Gasteiger partial charge in [-0.05, 0) is 25.8 Å². The highest BCUT2D eigenvalue weighted by Crippen LogP contribution is 2.28. The number of aromatic nitrogens is 2. The standard InChI is InChI=1S/C16H21N3O4S2/c1-12-16(25(22,23)17-10-14-6-4-3-5-7-14)13(2)19(18-12)15-8-9-24(20,21)11-15/h3-7,15,17H,8-11H2,1-2H3. The number of aryl methyl sites for hydroxylation is 1. The summed E-state index contributed by atoms with van der Waals surface area (Å²) in [7, 11) is -6.81. The van der Waals surface area contributed by atoms with E-state index in [1.165, 1.54) is 0 Å². The zero-order valence-corrected chi connectivity index (χ0v) is 15.8. The number of rotatable bonds is 5. The first kappa shape index (κ1) is 18.1. The molecule has 136 valence electrons. The first-order chi connectivity index (χ1) is 11.7. The summed E-state index contributed by atoms with van der Waals surface area (Å²) in [4.78, 5) is 0.132. The molecule has 0 spiro atoms. The topological polar surface area (TPSA) is 98.1 Å². The molecule has 1 aromatic heterocycles. The van der Waals surface area contributed by atoms with Gasteiger partial charge in [0.1, 0.15) is 4.90 Å². The summed E-state index contributed by atoms with van der Waals surface area (Å²) >= 11 is 0. The lowest BCUT2D eigenvalue weighted by atomic mass is 10.2. The Bertz CT molecular complexity index is 980. The van der Waals surface area contributed by atoms with Crippen LogP contribution < -0.4 is 4.72 Å². The van der Waals surface area contributed by atoms with Crippen molar-refractivity contribution < 1.29 is 16.8 Å². The predicted molar refractivity (Wildman–Crippen MR) is 94.5 cm³/mol. The first-order valence-electron chi connectivity index (χ1n) is 7.99. The molecule has 1 aromatic carbocycles. The summed E-state index contributed by atoms with van der Waals surface area (Å²) in [6.07, 6.45) is 0.460. The van der Waals surface area contributed by atoms with Gasteiger partial charge in [-0.3, -0.25) is 4.68 Å². The van der Waals surface area contributed by atoms with Crippen molar-refractivity contribution >= 4 is 19.9 Å². The van der Waals surface area contributed by atoms with Gasteiger partial charge in [-0.1, -0.05) is 30.3 Å². The van der Waals surface area contributed by atoms with Gasteiger partial charge in [-0.15, -0.1) is 0 Å². The Morgan fingerprint density at radius 2 is 1.92 bits per heavy atom. The molecule has 1 saturated heterocycles. The van der Waals surface area contributed by atoms with Crippen molar-refractivity contribution in [3.63, 3.8) is 0 Å². The molecule has 1 fully saturated rings. The van der Waals surface area contributed by atoms with Crippen molar-refractivity contribution in [1.82, 2.24) is 14.5 Å². The van der Waals surface area contributed by atoms with E-state index in [0.717, 1.165) is 5.56 Å². The maximum Gasteiger partial charge on any atom is 0.244 e. The fourth-order valence-corrected chi connectivity index (χ4v) is 6.31. The van der Waals surface area contributed by atoms with E-state index in [0.29, 0.717) is 17.8 Å². The second-order valence-corrected chi connectivity index (χ2v) is 10.2. The van der Waals surface area contributed by atoms with E-state index in [9.17, 15) is 16.8 Å². The molecule has 3 rings (SSSR count). The molecule has 0 bridgehead atoms. The molecule has 2 aromatic rings. The molecule has 1 unspecified atom stereocenters. The lowest BCUT2D eigenvalue weighted by molar-refractivity contribution is 0.484. The minimum absolute atomic E-state index is 0.00584. The maximum absolute atomic E-state index is 12.7. The molecule has 1 aliphatic rings.